The van der Waals surface area contributed by atoms with Gasteiger partial charge in [-0.3, -0.25) is 0 Å². The van der Waals surface area contributed by atoms with Crippen LogP contribution in [0.15, 0.2) is 35.0 Å². The Hall–Kier alpha value is -1.90. The summed E-state index contributed by atoms with van der Waals surface area (Å²) < 4.78 is 0. The zero-order chi connectivity index (χ0) is 13.0. The lowest BCUT2D eigenvalue weighted by Crippen LogP contribution is -2.30. The highest BCUT2D eigenvalue weighted by molar-refractivity contribution is 7.08. The monoisotopic (exact) mass is 259 g/mol. The van der Waals surface area contributed by atoms with Crippen molar-refractivity contribution in [3.8, 4) is 6.07 Å². The van der Waals surface area contributed by atoms with Crippen LogP contribution in [0.25, 0.3) is 0 Å². The van der Waals surface area contributed by atoms with Crippen molar-refractivity contribution in [1.82, 2.24) is 4.98 Å². The number of nitrogens with one attached hydrogen (secondary N) is 1. The van der Waals surface area contributed by atoms with Gasteiger partial charge in [-0.25, -0.2) is 4.98 Å². The molecule has 0 bridgehead atoms. The Balaban J connectivity index is 2.05. The van der Waals surface area contributed by atoms with Gasteiger partial charge >= 0.3 is 0 Å². The average Bonchev–Trinajstić information content (AvgIpc) is 2.91. The summed E-state index contributed by atoms with van der Waals surface area (Å²) in [7, 11) is 0. The van der Waals surface area contributed by atoms with E-state index < -0.39 is 5.60 Å². The molecule has 0 saturated carbocycles. The van der Waals surface area contributed by atoms with Crippen LogP contribution >= 0.6 is 11.3 Å². The Morgan fingerprint density at radius 3 is 3.00 bits per heavy atom. The second-order valence-corrected chi connectivity index (χ2v) is 4.94. The van der Waals surface area contributed by atoms with Gasteiger partial charge < -0.3 is 10.4 Å². The fraction of sp³-hybridized carbons (Fsp3) is 0.231. The molecule has 4 nitrogen and oxygen atoms in total. The van der Waals surface area contributed by atoms with Gasteiger partial charge in [0.25, 0.3) is 0 Å². The average molecular weight is 259 g/mol. The summed E-state index contributed by atoms with van der Waals surface area (Å²) in [6, 6.07) is 9.04. The molecule has 0 spiro atoms. The maximum atomic E-state index is 10.3. The Morgan fingerprint density at radius 2 is 2.33 bits per heavy atom. The van der Waals surface area contributed by atoms with Gasteiger partial charge in [0.2, 0.25) is 0 Å². The maximum Gasteiger partial charge on any atom is 0.142 e. The number of aromatic nitrogens is 1. The lowest BCUT2D eigenvalue weighted by molar-refractivity contribution is 0.0719. The largest absolute Gasteiger partial charge is 0.384 e. The standard InChI is InChI=1S/C13H13N3OS/c1-13(17,10-5-6-18-8-10)9-15-12-4-2-3-11(7-14)16-12/h2-6,8,17H,9H2,1H3,(H,15,16). The molecule has 0 aromatic carbocycles. The first-order valence-electron chi connectivity index (χ1n) is 5.48. The zero-order valence-corrected chi connectivity index (χ0v) is 10.7. The van der Waals surface area contributed by atoms with E-state index in [0.29, 0.717) is 18.1 Å². The highest BCUT2D eigenvalue weighted by Crippen LogP contribution is 2.23. The topological polar surface area (TPSA) is 68.9 Å². The first-order chi connectivity index (χ1) is 8.62. The third-order valence-corrected chi connectivity index (χ3v) is 3.30. The molecule has 0 aliphatic rings. The number of nitriles is 1. The lowest BCUT2D eigenvalue weighted by atomic mass is 9.99. The summed E-state index contributed by atoms with van der Waals surface area (Å²) in [6.45, 7) is 2.09. The van der Waals surface area contributed by atoms with E-state index in [9.17, 15) is 5.11 Å². The first-order valence-corrected chi connectivity index (χ1v) is 6.42. The molecule has 1 atom stereocenters. The van der Waals surface area contributed by atoms with Crippen LogP contribution in [0.2, 0.25) is 0 Å². The predicted molar refractivity (Wildman–Crippen MR) is 71.3 cm³/mol. The highest BCUT2D eigenvalue weighted by Gasteiger charge is 2.23. The number of hydrogen-bond donors (Lipinski definition) is 2. The van der Waals surface area contributed by atoms with E-state index in [0.717, 1.165) is 5.56 Å². The van der Waals surface area contributed by atoms with Gasteiger partial charge in [0.05, 0.1) is 0 Å². The Kier molecular flexibility index (Phi) is 3.60. The summed E-state index contributed by atoms with van der Waals surface area (Å²) >= 11 is 1.55. The van der Waals surface area contributed by atoms with E-state index in [1.165, 1.54) is 0 Å². The van der Waals surface area contributed by atoms with Gasteiger partial charge in [-0.2, -0.15) is 16.6 Å². The third kappa shape index (κ3) is 2.86. The molecule has 0 radical (unpaired) electrons. The van der Waals surface area contributed by atoms with Gasteiger partial charge in [0, 0.05) is 6.54 Å². The van der Waals surface area contributed by atoms with E-state index in [1.807, 2.05) is 22.9 Å². The van der Waals surface area contributed by atoms with Crippen LogP contribution in [0, 0.1) is 11.3 Å². The lowest BCUT2D eigenvalue weighted by Gasteiger charge is -2.23. The number of aliphatic hydroxyl groups is 1. The predicted octanol–water partition coefficient (Wildman–Crippen LogP) is 2.33. The Labute approximate surface area is 110 Å². The molecule has 5 heteroatoms. The molecule has 0 fully saturated rings. The zero-order valence-electron chi connectivity index (χ0n) is 9.92. The molecule has 2 aromatic heterocycles. The number of hydrogen-bond acceptors (Lipinski definition) is 5. The summed E-state index contributed by atoms with van der Waals surface area (Å²) in [4.78, 5) is 4.09. The number of thiophene rings is 1. The normalized spacial score (nSPS) is 13.6. The van der Waals surface area contributed by atoms with Crippen molar-refractivity contribution in [3.05, 3.63) is 46.3 Å². The minimum Gasteiger partial charge on any atom is -0.384 e. The second-order valence-electron chi connectivity index (χ2n) is 4.16. The van der Waals surface area contributed by atoms with Crippen molar-refractivity contribution >= 4 is 17.2 Å². The Bertz CT molecular complexity index is 558. The van der Waals surface area contributed by atoms with Crippen LogP contribution in [0.5, 0.6) is 0 Å². The quantitative estimate of drug-likeness (QED) is 0.884. The van der Waals surface area contributed by atoms with Crippen molar-refractivity contribution in [1.29, 1.82) is 5.26 Å². The summed E-state index contributed by atoms with van der Waals surface area (Å²) in [5.41, 5.74) is 0.274. The van der Waals surface area contributed by atoms with Crippen LogP contribution in [-0.2, 0) is 5.60 Å². The highest BCUT2D eigenvalue weighted by atomic mass is 32.1. The molecule has 2 aromatic rings. The number of rotatable bonds is 4. The molecule has 92 valence electrons. The smallest absolute Gasteiger partial charge is 0.142 e. The third-order valence-electron chi connectivity index (χ3n) is 2.62. The fourth-order valence-electron chi connectivity index (χ4n) is 1.53. The molecule has 2 rings (SSSR count). The minimum atomic E-state index is -0.954. The number of nitrogens with zero attached hydrogens (tertiary/aromatic N) is 2. The second kappa shape index (κ2) is 5.17. The van der Waals surface area contributed by atoms with Crippen molar-refractivity contribution in [2.75, 3.05) is 11.9 Å². The van der Waals surface area contributed by atoms with Crippen molar-refractivity contribution in [3.63, 3.8) is 0 Å². The van der Waals surface area contributed by atoms with E-state index in [-0.39, 0.29) is 0 Å². The van der Waals surface area contributed by atoms with Crippen LogP contribution in [0.4, 0.5) is 5.82 Å². The molecule has 2 N–H and O–H groups in total. The Morgan fingerprint density at radius 1 is 1.50 bits per heavy atom. The number of pyridine rings is 1. The maximum absolute atomic E-state index is 10.3. The molecule has 0 aliphatic carbocycles. The summed E-state index contributed by atoms with van der Waals surface area (Å²) in [5.74, 6) is 0.588. The molecular weight excluding hydrogens is 246 g/mol. The van der Waals surface area contributed by atoms with E-state index in [4.69, 9.17) is 5.26 Å². The van der Waals surface area contributed by atoms with E-state index in [1.54, 1.807) is 36.5 Å². The van der Waals surface area contributed by atoms with Gasteiger partial charge in [-0.05, 0) is 41.4 Å². The van der Waals surface area contributed by atoms with Crippen molar-refractivity contribution in [2.45, 2.75) is 12.5 Å². The SMILES string of the molecule is CC(O)(CNc1cccc(C#N)n1)c1ccsc1. The number of anilines is 1. The first kappa shape index (κ1) is 12.6. The molecule has 0 saturated heterocycles. The fourth-order valence-corrected chi connectivity index (χ4v) is 2.31. The van der Waals surface area contributed by atoms with Crippen LogP contribution in [-0.4, -0.2) is 16.6 Å². The van der Waals surface area contributed by atoms with Crippen molar-refractivity contribution in [2.24, 2.45) is 0 Å². The molecular formula is C13H13N3OS. The van der Waals surface area contributed by atoms with E-state index >= 15 is 0 Å². The molecule has 2 heterocycles. The van der Waals surface area contributed by atoms with Crippen LogP contribution in [0.1, 0.15) is 18.2 Å². The van der Waals surface area contributed by atoms with Gasteiger partial charge in [0.1, 0.15) is 23.2 Å². The van der Waals surface area contributed by atoms with Gasteiger partial charge in [-0.15, -0.1) is 0 Å². The summed E-state index contributed by atoms with van der Waals surface area (Å²) in [6.07, 6.45) is 0. The molecule has 18 heavy (non-hydrogen) atoms. The minimum absolute atomic E-state index is 0.339. The van der Waals surface area contributed by atoms with Crippen LogP contribution in [0.3, 0.4) is 0 Å². The van der Waals surface area contributed by atoms with Crippen LogP contribution < -0.4 is 5.32 Å². The molecule has 1 unspecified atom stereocenters. The molecule has 0 amide bonds. The van der Waals surface area contributed by atoms with Gasteiger partial charge in [-0.1, -0.05) is 6.07 Å². The van der Waals surface area contributed by atoms with Gasteiger partial charge in [0.15, 0.2) is 0 Å². The van der Waals surface area contributed by atoms with E-state index in [2.05, 4.69) is 10.3 Å². The summed E-state index contributed by atoms with van der Waals surface area (Å²) in [5, 5.41) is 26.0. The van der Waals surface area contributed by atoms with Crippen molar-refractivity contribution < 1.29 is 5.11 Å². The molecule has 0 aliphatic heterocycles.